The Morgan fingerprint density at radius 2 is 2.21 bits per heavy atom. The fourth-order valence-corrected chi connectivity index (χ4v) is 2.89. The summed E-state index contributed by atoms with van der Waals surface area (Å²) in [6.45, 7) is 1.35. The summed E-state index contributed by atoms with van der Waals surface area (Å²) < 4.78 is 27.6. The molecule has 1 heterocycles. The number of carboxylic acid groups (broad SMARTS) is 1. The van der Waals surface area contributed by atoms with Crippen LogP contribution in [0.1, 0.15) is 36.3 Å². The number of hydrogen-bond acceptors (Lipinski definition) is 4. The van der Waals surface area contributed by atoms with E-state index in [0.29, 0.717) is 0 Å². The molecule has 8 heteroatoms. The molecule has 1 atom stereocenters. The minimum absolute atomic E-state index is 0.0279. The van der Waals surface area contributed by atoms with Gasteiger partial charge in [-0.15, -0.1) is 0 Å². The van der Waals surface area contributed by atoms with Crippen LogP contribution in [0.5, 0.6) is 0 Å². The van der Waals surface area contributed by atoms with E-state index < -0.39 is 22.1 Å². The van der Waals surface area contributed by atoms with Crippen LogP contribution in [0, 0.1) is 0 Å². The van der Waals surface area contributed by atoms with Crippen molar-refractivity contribution in [1.29, 1.82) is 0 Å². The van der Waals surface area contributed by atoms with Crippen molar-refractivity contribution in [3.8, 4) is 0 Å². The number of carbonyl (C=O) groups is 1. The Labute approximate surface area is 110 Å². The number of aliphatic hydroxyl groups is 1. The fraction of sp³-hybridized carbons (Fsp3) is 0.545. The van der Waals surface area contributed by atoms with Crippen LogP contribution < -0.4 is 4.72 Å². The summed E-state index contributed by atoms with van der Waals surface area (Å²) in [5, 5.41) is 18.1. The van der Waals surface area contributed by atoms with Crippen molar-refractivity contribution in [3.05, 3.63) is 18.0 Å². The average molecular weight is 288 g/mol. The minimum Gasteiger partial charge on any atom is -0.477 e. The van der Waals surface area contributed by atoms with Crippen LogP contribution in [-0.4, -0.2) is 41.8 Å². The highest BCUT2D eigenvalue weighted by atomic mass is 32.2. The van der Waals surface area contributed by atoms with Crippen LogP contribution in [0.15, 0.2) is 17.2 Å². The van der Waals surface area contributed by atoms with Gasteiger partial charge >= 0.3 is 5.97 Å². The molecule has 0 aromatic carbocycles. The molecule has 1 aromatic heterocycles. The molecule has 7 nitrogen and oxygen atoms in total. The van der Waals surface area contributed by atoms with Gasteiger partial charge in [0.1, 0.15) is 10.6 Å². The van der Waals surface area contributed by atoms with E-state index in [-0.39, 0.29) is 23.2 Å². The third kappa shape index (κ3) is 3.14. The van der Waals surface area contributed by atoms with Gasteiger partial charge in [-0.25, -0.2) is 17.9 Å². The second-order valence-electron chi connectivity index (χ2n) is 4.71. The van der Waals surface area contributed by atoms with E-state index in [1.807, 2.05) is 0 Å². The van der Waals surface area contributed by atoms with Gasteiger partial charge in [-0.05, 0) is 25.8 Å². The Morgan fingerprint density at radius 1 is 1.58 bits per heavy atom. The van der Waals surface area contributed by atoms with Crippen LogP contribution in [0.4, 0.5) is 0 Å². The van der Waals surface area contributed by atoms with Gasteiger partial charge in [0.2, 0.25) is 10.0 Å². The maximum atomic E-state index is 11.9. The summed E-state index contributed by atoms with van der Waals surface area (Å²) in [5.74, 6) is -1.15. The van der Waals surface area contributed by atoms with Gasteiger partial charge in [0.25, 0.3) is 0 Å². The zero-order valence-corrected chi connectivity index (χ0v) is 11.2. The van der Waals surface area contributed by atoms with E-state index in [0.717, 1.165) is 18.9 Å². The molecule has 0 aliphatic heterocycles. The largest absolute Gasteiger partial charge is 0.477 e. The summed E-state index contributed by atoms with van der Waals surface area (Å²) in [6, 6.07) is 1.22. The molecule has 0 bridgehead atoms. The molecule has 0 amide bonds. The number of aromatic nitrogens is 1. The van der Waals surface area contributed by atoms with E-state index in [2.05, 4.69) is 4.72 Å². The molecule has 1 aromatic rings. The van der Waals surface area contributed by atoms with Gasteiger partial charge in [-0.2, -0.15) is 0 Å². The SMILES string of the molecule is CC(O)CNS(=O)(=O)c1cc(C(=O)O)n(C2CC2)c1. The van der Waals surface area contributed by atoms with Crippen LogP contribution in [0.3, 0.4) is 0 Å². The Kier molecular flexibility index (Phi) is 3.66. The maximum absolute atomic E-state index is 11.9. The molecule has 0 saturated heterocycles. The van der Waals surface area contributed by atoms with E-state index in [9.17, 15) is 13.2 Å². The van der Waals surface area contributed by atoms with Crippen molar-refractivity contribution in [3.63, 3.8) is 0 Å². The first-order valence-electron chi connectivity index (χ1n) is 5.94. The first-order valence-corrected chi connectivity index (χ1v) is 7.42. The first kappa shape index (κ1) is 14.0. The number of sulfonamides is 1. The van der Waals surface area contributed by atoms with Gasteiger partial charge in [-0.3, -0.25) is 0 Å². The van der Waals surface area contributed by atoms with E-state index in [1.165, 1.54) is 17.7 Å². The van der Waals surface area contributed by atoms with Crippen LogP contribution in [0.2, 0.25) is 0 Å². The summed E-state index contributed by atoms with van der Waals surface area (Å²) in [5.41, 5.74) is -0.0279. The zero-order valence-electron chi connectivity index (χ0n) is 10.4. The minimum atomic E-state index is -3.79. The molecular formula is C11H16N2O5S. The van der Waals surface area contributed by atoms with Crippen molar-refractivity contribution in [2.24, 2.45) is 0 Å². The van der Waals surface area contributed by atoms with E-state index >= 15 is 0 Å². The van der Waals surface area contributed by atoms with Crippen molar-refractivity contribution < 1.29 is 23.4 Å². The quantitative estimate of drug-likeness (QED) is 0.692. The van der Waals surface area contributed by atoms with E-state index in [4.69, 9.17) is 10.2 Å². The smallest absolute Gasteiger partial charge is 0.352 e. The molecule has 1 aliphatic rings. The predicted octanol–water partition coefficient (Wildman–Crippen LogP) is 0.180. The molecule has 2 rings (SSSR count). The lowest BCUT2D eigenvalue weighted by molar-refractivity contribution is 0.0685. The van der Waals surface area contributed by atoms with Gasteiger partial charge in [-0.1, -0.05) is 0 Å². The fourth-order valence-electron chi connectivity index (χ4n) is 1.74. The third-order valence-electron chi connectivity index (χ3n) is 2.86. The molecular weight excluding hydrogens is 272 g/mol. The molecule has 3 N–H and O–H groups in total. The molecule has 0 spiro atoms. The van der Waals surface area contributed by atoms with Crippen molar-refractivity contribution in [1.82, 2.24) is 9.29 Å². The third-order valence-corrected chi connectivity index (χ3v) is 4.25. The Morgan fingerprint density at radius 3 is 2.68 bits per heavy atom. The zero-order chi connectivity index (χ0) is 14.2. The number of hydrogen-bond donors (Lipinski definition) is 3. The Balaban J connectivity index is 2.29. The van der Waals surface area contributed by atoms with Crippen molar-refractivity contribution in [2.45, 2.75) is 36.8 Å². The lowest BCUT2D eigenvalue weighted by atomic mass is 10.4. The molecule has 19 heavy (non-hydrogen) atoms. The summed E-state index contributed by atoms with van der Waals surface area (Å²) in [4.78, 5) is 11.0. The van der Waals surface area contributed by atoms with Crippen molar-refractivity contribution >= 4 is 16.0 Å². The van der Waals surface area contributed by atoms with E-state index in [1.54, 1.807) is 0 Å². The highest BCUT2D eigenvalue weighted by molar-refractivity contribution is 7.89. The number of carboxylic acids is 1. The molecule has 1 unspecified atom stereocenters. The highest BCUT2D eigenvalue weighted by Crippen LogP contribution is 2.37. The topological polar surface area (TPSA) is 109 Å². The molecule has 1 aliphatic carbocycles. The second kappa shape index (κ2) is 4.95. The van der Waals surface area contributed by atoms with Crippen LogP contribution in [-0.2, 0) is 10.0 Å². The number of nitrogens with zero attached hydrogens (tertiary/aromatic N) is 1. The van der Waals surface area contributed by atoms with Crippen LogP contribution >= 0.6 is 0 Å². The molecule has 1 fully saturated rings. The lowest BCUT2D eigenvalue weighted by Crippen LogP contribution is -2.30. The summed E-state index contributed by atoms with van der Waals surface area (Å²) >= 11 is 0. The van der Waals surface area contributed by atoms with Gasteiger partial charge < -0.3 is 14.8 Å². The van der Waals surface area contributed by atoms with Gasteiger partial charge in [0.05, 0.1) is 6.10 Å². The second-order valence-corrected chi connectivity index (χ2v) is 6.47. The number of rotatable bonds is 6. The predicted molar refractivity (Wildman–Crippen MR) is 66.5 cm³/mol. The average Bonchev–Trinajstić information content (AvgIpc) is 3.04. The Bertz CT molecular complexity index is 586. The summed E-state index contributed by atoms with van der Waals surface area (Å²) in [7, 11) is -3.79. The molecule has 106 valence electrons. The summed E-state index contributed by atoms with van der Waals surface area (Å²) in [6.07, 6.45) is 2.25. The van der Waals surface area contributed by atoms with Crippen LogP contribution in [0.25, 0.3) is 0 Å². The highest BCUT2D eigenvalue weighted by Gasteiger charge is 2.30. The lowest BCUT2D eigenvalue weighted by Gasteiger charge is -2.06. The maximum Gasteiger partial charge on any atom is 0.352 e. The number of aliphatic hydroxyl groups excluding tert-OH is 1. The van der Waals surface area contributed by atoms with Gasteiger partial charge in [0, 0.05) is 18.8 Å². The normalized spacial score (nSPS) is 17.4. The number of nitrogens with one attached hydrogen (secondary N) is 1. The van der Waals surface area contributed by atoms with Gasteiger partial charge in [0.15, 0.2) is 0 Å². The first-order chi connectivity index (χ1) is 8.81. The Hall–Kier alpha value is -1.38. The standard InChI is InChI=1S/C11H16N2O5S/c1-7(14)5-12-19(17,18)9-4-10(11(15)16)13(6-9)8-2-3-8/h4,6-8,12,14H,2-3,5H2,1H3,(H,15,16). The molecule has 1 saturated carbocycles. The number of aromatic carboxylic acids is 1. The van der Waals surface area contributed by atoms with Crippen molar-refractivity contribution in [2.75, 3.05) is 6.54 Å². The molecule has 0 radical (unpaired) electrons. The monoisotopic (exact) mass is 288 g/mol.